The van der Waals surface area contributed by atoms with Crippen LogP contribution < -0.4 is 4.74 Å². The highest BCUT2D eigenvalue weighted by Crippen LogP contribution is 2.28. The van der Waals surface area contributed by atoms with Crippen molar-refractivity contribution in [1.29, 1.82) is 0 Å². The SMILES string of the molecule is CCOc1cc(C)c(CCl)cc1Cl. The molecule has 0 aliphatic carbocycles. The second kappa shape index (κ2) is 4.73. The summed E-state index contributed by atoms with van der Waals surface area (Å²) < 4.78 is 5.34. The van der Waals surface area contributed by atoms with E-state index >= 15 is 0 Å². The van der Waals surface area contributed by atoms with Crippen LogP contribution in [0.15, 0.2) is 12.1 Å². The van der Waals surface area contributed by atoms with E-state index in [1.807, 2.05) is 26.0 Å². The minimum absolute atomic E-state index is 0.484. The predicted molar refractivity (Wildman–Crippen MR) is 56.9 cm³/mol. The number of alkyl halides is 1. The molecule has 1 aromatic carbocycles. The van der Waals surface area contributed by atoms with Crippen LogP contribution in [0.3, 0.4) is 0 Å². The molecule has 1 rings (SSSR count). The molecule has 0 saturated carbocycles. The van der Waals surface area contributed by atoms with Gasteiger partial charge in [-0.3, -0.25) is 0 Å². The van der Waals surface area contributed by atoms with Crippen LogP contribution in [0.1, 0.15) is 18.1 Å². The number of benzene rings is 1. The van der Waals surface area contributed by atoms with Gasteiger partial charge < -0.3 is 4.74 Å². The molecule has 0 atom stereocenters. The zero-order chi connectivity index (χ0) is 9.84. The molecule has 0 aliphatic heterocycles. The third-order valence-electron chi connectivity index (χ3n) is 1.83. The van der Waals surface area contributed by atoms with Gasteiger partial charge in [0.1, 0.15) is 5.75 Å². The smallest absolute Gasteiger partial charge is 0.138 e. The summed E-state index contributed by atoms with van der Waals surface area (Å²) in [7, 11) is 0. The van der Waals surface area contributed by atoms with Gasteiger partial charge in [-0.1, -0.05) is 11.6 Å². The Morgan fingerprint density at radius 3 is 2.62 bits per heavy atom. The van der Waals surface area contributed by atoms with Crippen molar-refractivity contribution in [1.82, 2.24) is 0 Å². The van der Waals surface area contributed by atoms with Gasteiger partial charge in [-0.2, -0.15) is 0 Å². The molecule has 0 amide bonds. The lowest BCUT2D eigenvalue weighted by Crippen LogP contribution is -1.94. The van der Waals surface area contributed by atoms with Gasteiger partial charge in [-0.05, 0) is 37.1 Å². The quantitative estimate of drug-likeness (QED) is 0.702. The Hall–Kier alpha value is -0.400. The van der Waals surface area contributed by atoms with Gasteiger partial charge >= 0.3 is 0 Å². The highest BCUT2D eigenvalue weighted by Gasteiger charge is 2.05. The van der Waals surface area contributed by atoms with Crippen LogP contribution in [0.25, 0.3) is 0 Å². The van der Waals surface area contributed by atoms with E-state index in [2.05, 4.69) is 0 Å². The van der Waals surface area contributed by atoms with Gasteiger partial charge in [0, 0.05) is 5.88 Å². The van der Waals surface area contributed by atoms with E-state index < -0.39 is 0 Å². The molecule has 13 heavy (non-hydrogen) atoms. The molecule has 1 aromatic rings. The molecule has 0 spiro atoms. The van der Waals surface area contributed by atoms with E-state index in [1.54, 1.807) is 0 Å². The maximum Gasteiger partial charge on any atom is 0.138 e. The van der Waals surface area contributed by atoms with Crippen LogP contribution in [0, 0.1) is 6.92 Å². The maximum absolute atomic E-state index is 5.98. The van der Waals surface area contributed by atoms with Crippen molar-refractivity contribution < 1.29 is 4.74 Å². The van der Waals surface area contributed by atoms with Gasteiger partial charge in [-0.15, -0.1) is 11.6 Å². The lowest BCUT2D eigenvalue weighted by molar-refractivity contribution is 0.340. The largest absolute Gasteiger partial charge is 0.492 e. The Balaban J connectivity index is 3.05. The highest BCUT2D eigenvalue weighted by molar-refractivity contribution is 6.32. The molecule has 0 N–H and O–H groups in total. The Labute approximate surface area is 88.6 Å². The summed E-state index contributed by atoms with van der Waals surface area (Å²) in [5.41, 5.74) is 2.16. The standard InChI is InChI=1S/C10H12Cl2O/c1-3-13-10-4-7(2)8(6-11)5-9(10)12/h4-5H,3,6H2,1-2H3. The molecule has 1 nitrogen and oxygen atoms in total. The molecule has 0 unspecified atom stereocenters. The van der Waals surface area contributed by atoms with Crippen molar-refractivity contribution in [2.45, 2.75) is 19.7 Å². The third-order valence-corrected chi connectivity index (χ3v) is 2.42. The van der Waals surface area contributed by atoms with Gasteiger partial charge in [0.15, 0.2) is 0 Å². The van der Waals surface area contributed by atoms with Crippen LogP contribution in [0.5, 0.6) is 5.75 Å². The summed E-state index contributed by atoms with van der Waals surface area (Å²) in [4.78, 5) is 0. The number of halogens is 2. The van der Waals surface area contributed by atoms with E-state index in [-0.39, 0.29) is 0 Å². The summed E-state index contributed by atoms with van der Waals surface area (Å²) in [5, 5.41) is 0.628. The Kier molecular flexibility index (Phi) is 3.89. The van der Waals surface area contributed by atoms with Crippen molar-refractivity contribution in [3.05, 3.63) is 28.3 Å². The van der Waals surface area contributed by atoms with Crippen molar-refractivity contribution in [3.8, 4) is 5.75 Å². The van der Waals surface area contributed by atoms with Gasteiger partial charge in [0.25, 0.3) is 0 Å². The molecule has 0 bridgehead atoms. The van der Waals surface area contributed by atoms with Crippen molar-refractivity contribution in [2.24, 2.45) is 0 Å². The van der Waals surface area contributed by atoms with Crippen LogP contribution in [0.4, 0.5) is 0 Å². The lowest BCUT2D eigenvalue weighted by Gasteiger charge is -2.09. The Bertz CT molecular complexity index is 297. The van der Waals surface area contributed by atoms with Crippen LogP contribution in [0.2, 0.25) is 5.02 Å². The van der Waals surface area contributed by atoms with E-state index in [0.717, 1.165) is 16.9 Å². The minimum atomic E-state index is 0.484. The van der Waals surface area contributed by atoms with E-state index in [4.69, 9.17) is 27.9 Å². The minimum Gasteiger partial charge on any atom is -0.492 e. The number of rotatable bonds is 3. The molecule has 72 valence electrons. The topological polar surface area (TPSA) is 9.23 Å². The van der Waals surface area contributed by atoms with Crippen molar-refractivity contribution >= 4 is 23.2 Å². The number of ether oxygens (including phenoxy) is 1. The summed E-state index contributed by atoms with van der Waals surface area (Å²) >= 11 is 11.7. The monoisotopic (exact) mass is 218 g/mol. The fourth-order valence-electron chi connectivity index (χ4n) is 1.11. The normalized spacial score (nSPS) is 10.2. The Morgan fingerprint density at radius 2 is 2.08 bits per heavy atom. The molecule has 0 aliphatic rings. The molecule has 0 heterocycles. The molecule has 3 heteroatoms. The zero-order valence-electron chi connectivity index (χ0n) is 7.73. The second-order valence-corrected chi connectivity index (χ2v) is 3.45. The third kappa shape index (κ3) is 2.52. The first-order valence-corrected chi connectivity index (χ1v) is 5.08. The Morgan fingerprint density at radius 1 is 1.38 bits per heavy atom. The number of hydrogen-bond acceptors (Lipinski definition) is 1. The van der Waals surface area contributed by atoms with E-state index in [1.165, 1.54) is 0 Å². The molecule has 0 radical (unpaired) electrons. The number of aryl methyl sites for hydroxylation is 1. The summed E-state index contributed by atoms with van der Waals surface area (Å²) in [6.45, 7) is 4.55. The first kappa shape index (κ1) is 10.7. The average molecular weight is 219 g/mol. The number of hydrogen-bond donors (Lipinski definition) is 0. The second-order valence-electron chi connectivity index (χ2n) is 2.78. The van der Waals surface area contributed by atoms with E-state index in [9.17, 15) is 0 Å². The average Bonchev–Trinajstić information content (AvgIpc) is 2.11. The zero-order valence-corrected chi connectivity index (χ0v) is 9.24. The fourth-order valence-corrected chi connectivity index (χ4v) is 1.64. The molecule has 0 fully saturated rings. The molecule has 0 saturated heterocycles. The van der Waals surface area contributed by atoms with Crippen LogP contribution >= 0.6 is 23.2 Å². The van der Waals surface area contributed by atoms with Gasteiger partial charge in [0.2, 0.25) is 0 Å². The van der Waals surface area contributed by atoms with Crippen LogP contribution in [-0.4, -0.2) is 6.61 Å². The van der Waals surface area contributed by atoms with Gasteiger partial charge in [-0.25, -0.2) is 0 Å². The van der Waals surface area contributed by atoms with Gasteiger partial charge in [0.05, 0.1) is 11.6 Å². The fraction of sp³-hybridized carbons (Fsp3) is 0.400. The van der Waals surface area contributed by atoms with Crippen LogP contribution in [-0.2, 0) is 5.88 Å². The van der Waals surface area contributed by atoms with Crippen molar-refractivity contribution in [3.63, 3.8) is 0 Å². The predicted octanol–water partition coefficient (Wildman–Crippen LogP) is 3.79. The highest BCUT2D eigenvalue weighted by atomic mass is 35.5. The first-order chi connectivity index (χ1) is 6.19. The van der Waals surface area contributed by atoms with E-state index in [0.29, 0.717) is 17.5 Å². The molecular formula is C10H12Cl2O. The van der Waals surface area contributed by atoms with Crippen molar-refractivity contribution in [2.75, 3.05) is 6.61 Å². The molecule has 0 aromatic heterocycles. The summed E-state index contributed by atoms with van der Waals surface area (Å²) in [5.74, 6) is 1.22. The molecular weight excluding hydrogens is 207 g/mol. The maximum atomic E-state index is 5.98. The summed E-state index contributed by atoms with van der Waals surface area (Å²) in [6, 6.07) is 3.78. The summed E-state index contributed by atoms with van der Waals surface area (Å²) in [6.07, 6.45) is 0. The lowest BCUT2D eigenvalue weighted by atomic mass is 10.1. The first-order valence-electron chi connectivity index (χ1n) is 4.16.